The number of carbonyl (C=O) groups excluding carboxylic acids is 1. The number of nitrogens with one attached hydrogen (secondary N) is 1. The van der Waals surface area contributed by atoms with Crippen LogP contribution in [0.15, 0.2) is 36.4 Å². The highest BCUT2D eigenvalue weighted by atomic mass is 16.5. The molecule has 0 aromatic heterocycles. The van der Waals surface area contributed by atoms with Crippen LogP contribution >= 0.6 is 0 Å². The van der Waals surface area contributed by atoms with Gasteiger partial charge >= 0.3 is 0 Å². The summed E-state index contributed by atoms with van der Waals surface area (Å²) >= 11 is 0. The third kappa shape index (κ3) is 5.67. The number of benzene rings is 2. The van der Waals surface area contributed by atoms with Crippen LogP contribution in [0, 0.1) is 13.8 Å². The van der Waals surface area contributed by atoms with Gasteiger partial charge in [-0.15, -0.1) is 0 Å². The lowest BCUT2D eigenvalue weighted by atomic mass is 10.1. The molecule has 2 rings (SSSR count). The minimum Gasteiger partial charge on any atom is -0.493 e. The van der Waals surface area contributed by atoms with Crippen LogP contribution in [0.1, 0.15) is 11.1 Å². The van der Waals surface area contributed by atoms with E-state index in [1.807, 2.05) is 32.0 Å². The fourth-order valence-electron chi connectivity index (χ4n) is 2.31. The van der Waals surface area contributed by atoms with Crippen LogP contribution in [-0.2, 0) is 9.53 Å². The van der Waals surface area contributed by atoms with E-state index in [0.717, 1.165) is 11.1 Å². The van der Waals surface area contributed by atoms with E-state index in [4.69, 9.17) is 18.9 Å². The van der Waals surface area contributed by atoms with Crippen molar-refractivity contribution in [2.75, 3.05) is 39.4 Å². The van der Waals surface area contributed by atoms with Gasteiger partial charge in [-0.05, 0) is 43.2 Å². The second-order valence-electron chi connectivity index (χ2n) is 5.81. The summed E-state index contributed by atoms with van der Waals surface area (Å²) in [5, 5.41) is 2.80. The molecular formula is C20H25NO5. The van der Waals surface area contributed by atoms with Gasteiger partial charge < -0.3 is 24.3 Å². The van der Waals surface area contributed by atoms with Crippen LogP contribution in [-0.4, -0.2) is 39.9 Å². The predicted molar refractivity (Wildman–Crippen MR) is 100 cm³/mol. The van der Waals surface area contributed by atoms with Crippen LogP contribution < -0.4 is 19.5 Å². The first-order valence-corrected chi connectivity index (χ1v) is 8.33. The summed E-state index contributed by atoms with van der Waals surface area (Å²) in [6, 6.07) is 11.1. The number of aryl methyl sites for hydroxylation is 2. The molecule has 6 nitrogen and oxygen atoms in total. The van der Waals surface area contributed by atoms with E-state index in [9.17, 15) is 4.79 Å². The SMILES string of the molecule is COCCOc1cc(NC(=O)COc2cc(C)ccc2C)ccc1OC. The van der Waals surface area contributed by atoms with E-state index in [0.29, 0.717) is 36.1 Å². The Hall–Kier alpha value is -2.73. The van der Waals surface area contributed by atoms with Crippen molar-refractivity contribution in [2.24, 2.45) is 0 Å². The molecule has 0 radical (unpaired) electrons. The Kier molecular flexibility index (Phi) is 7.29. The molecule has 0 spiro atoms. The second-order valence-corrected chi connectivity index (χ2v) is 5.81. The summed E-state index contributed by atoms with van der Waals surface area (Å²) in [5.41, 5.74) is 2.67. The zero-order valence-electron chi connectivity index (χ0n) is 15.6. The molecule has 0 bridgehead atoms. The van der Waals surface area contributed by atoms with Crippen molar-refractivity contribution in [2.45, 2.75) is 13.8 Å². The molecule has 0 aliphatic rings. The molecule has 6 heteroatoms. The number of hydrogen-bond acceptors (Lipinski definition) is 5. The van der Waals surface area contributed by atoms with Crippen LogP contribution in [0.25, 0.3) is 0 Å². The summed E-state index contributed by atoms with van der Waals surface area (Å²) in [6.07, 6.45) is 0. The first kappa shape index (κ1) is 19.6. The Labute approximate surface area is 154 Å². The first-order valence-electron chi connectivity index (χ1n) is 8.33. The van der Waals surface area contributed by atoms with Crippen molar-refractivity contribution in [1.82, 2.24) is 0 Å². The van der Waals surface area contributed by atoms with Gasteiger partial charge in [0.2, 0.25) is 0 Å². The van der Waals surface area contributed by atoms with E-state index in [-0.39, 0.29) is 12.5 Å². The zero-order chi connectivity index (χ0) is 18.9. The molecule has 0 atom stereocenters. The number of hydrogen-bond donors (Lipinski definition) is 1. The summed E-state index contributed by atoms with van der Waals surface area (Å²) in [4.78, 5) is 12.2. The monoisotopic (exact) mass is 359 g/mol. The van der Waals surface area contributed by atoms with Crippen molar-refractivity contribution in [3.63, 3.8) is 0 Å². The number of carbonyl (C=O) groups is 1. The molecule has 140 valence electrons. The molecule has 0 aliphatic carbocycles. The van der Waals surface area contributed by atoms with Crippen LogP contribution in [0.3, 0.4) is 0 Å². The second kappa shape index (κ2) is 9.68. The van der Waals surface area contributed by atoms with Gasteiger partial charge in [0.25, 0.3) is 5.91 Å². The first-order chi connectivity index (χ1) is 12.5. The third-order valence-corrected chi connectivity index (χ3v) is 3.69. The van der Waals surface area contributed by atoms with Gasteiger partial charge in [0.1, 0.15) is 12.4 Å². The van der Waals surface area contributed by atoms with Gasteiger partial charge in [0.05, 0.1) is 13.7 Å². The molecule has 1 N–H and O–H groups in total. The number of amides is 1. The smallest absolute Gasteiger partial charge is 0.262 e. The molecule has 26 heavy (non-hydrogen) atoms. The standard InChI is InChI=1S/C20H25NO5/c1-14-5-6-15(2)18(11-14)26-13-20(22)21-16-7-8-17(24-4)19(12-16)25-10-9-23-3/h5-8,11-12H,9-10,13H2,1-4H3,(H,21,22). The molecule has 0 unspecified atom stereocenters. The highest BCUT2D eigenvalue weighted by Gasteiger charge is 2.10. The zero-order valence-corrected chi connectivity index (χ0v) is 15.6. The highest BCUT2D eigenvalue weighted by Crippen LogP contribution is 2.30. The van der Waals surface area contributed by atoms with Crippen molar-refractivity contribution >= 4 is 11.6 Å². The Morgan fingerprint density at radius 1 is 0.923 bits per heavy atom. The molecule has 0 saturated heterocycles. The van der Waals surface area contributed by atoms with Gasteiger partial charge in [0.15, 0.2) is 18.1 Å². The van der Waals surface area contributed by atoms with Crippen LogP contribution in [0.2, 0.25) is 0 Å². The summed E-state index contributed by atoms with van der Waals surface area (Å²) in [5.74, 6) is 1.58. The van der Waals surface area contributed by atoms with Gasteiger partial charge in [-0.1, -0.05) is 12.1 Å². The van der Waals surface area contributed by atoms with Crippen molar-refractivity contribution in [3.05, 3.63) is 47.5 Å². The van der Waals surface area contributed by atoms with E-state index in [2.05, 4.69) is 5.32 Å². The lowest BCUT2D eigenvalue weighted by molar-refractivity contribution is -0.118. The number of rotatable bonds is 9. The third-order valence-electron chi connectivity index (χ3n) is 3.69. The number of methoxy groups -OCH3 is 2. The number of ether oxygens (including phenoxy) is 4. The largest absolute Gasteiger partial charge is 0.493 e. The van der Waals surface area contributed by atoms with E-state index in [1.165, 1.54) is 0 Å². The van der Waals surface area contributed by atoms with Crippen molar-refractivity contribution in [3.8, 4) is 17.2 Å². The maximum atomic E-state index is 12.2. The van der Waals surface area contributed by atoms with Gasteiger partial charge in [-0.2, -0.15) is 0 Å². The Morgan fingerprint density at radius 2 is 1.73 bits per heavy atom. The molecule has 1 amide bonds. The minimum atomic E-state index is -0.251. The van der Waals surface area contributed by atoms with Gasteiger partial charge in [0, 0.05) is 18.9 Å². The average Bonchev–Trinajstić information content (AvgIpc) is 2.63. The van der Waals surface area contributed by atoms with E-state index >= 15 is 0 Å². The van der Waals surface area contributed by atoms with Crippen LogP contribution in [0.4, 0.5) is 5.69 Å². The average molecular weight is 359 g/mol. The van der Waals surface area contributed by atoms with Crippen molar-refractivity contribution in [1.29, 1.82) is 0 Å². The summed E-state index contributed by atoms with van der Waals surface area (Å²) in [6.45, 7) is 4.70. The normalized spacial score (nSPS) is 10.3. The summed E-state index contributed by atoms with van der Waals surface area (Å²) in [7, 11) is 3.17. The van der Waals surface area contributed by atoms with E-state index < -0.39 is 0 Å². The van der Waals surface area contributed by atoms with Crippen LogP contribution in [0.5, 0.6) is 17.2 Å². The minimum absolute atomic E-state index is 0.0732. The molecular weight excluding hydrogens is 334 g/mol. The molecule has 2 aromatic carbocycles. The van der Waals surface area contributed by atoms with E-state index in [1.54, 1.807) is 32.4 Å². The summed E-state index contributed by atoms with van der Waals surface area (Å²) < 4.78 is 21.5. The molecule has 0 fully saturated rings. The number of anilines is 1. The fraction of sp³-hybridized carbons (Fsp3) is 0.350. The highest BCUT2D eigenvalue weighted by molar-refractivity contribution is 5.92. The maximum Gasteiger partial charge on any atom is 0.262 e. The Balaban J connectivity index is 1.97. The Bertz CT molecular complexity index is 745. The predicted octanol–water partition coefficient (Wildman–Crippen LogP) is 3.35. The van der Waals surface area contributed by atoms with Gasteiger partial charge in [-0.3, -0.25) is 4.79 Å². The Morgan fingerprint density at radius 3 is 2.46 bits per heavy atom. The lowest BCUT2D eigenvalue weighted by Gasteiger charge is -2.13. The van der Waals surface area contributed by atoms with Crippen molar-refractivity contribution < 1.29 is 23.7 Å². The molecule has 0 aliphatic heterocycles. The lowest BCUT2D eigenvalue weighted by Crippen LogP contribution is -2.20. The van der Waals surface area contributed by atoms with Gasteiger partial charge in [-0.25, -0.2) is 0 Å². The molecule has 0 saturated carbocycles. The topological polar surface area (TPSA) is 66.0 Å². The fourth-order valence-corrected chi connectivity index (χ4v) is 2.31. The quantitative estimate of drug-likeness (QED) is 0.696. The maximum absolute atomic E-state index is 12.2. The molecule has 0 heterocycles. The molecule has 2 aromatic rings.